The van der Waals surface area contributed by atoms with Crippen LogP contribution < -0.4 is 20.4 Å². The van der Waals surface area contributed by atoms with Crippen LogP contribution in [-0.4, -0.2) is 74.6 Å². The first-order valence-electron chi connectivity index (χ1n) is 16.3. The summed E-state index contributed by atoms with van der Waals surface area (Å²) in [5, 5.41) is 18.3. The number of nitrogens with one attached hydrogen (secondary N) is 2. The topological polar surface area (TPSA) is 150 Å². The fourth-order valence-corrected chi connectivity index (χ4v) is 4.51. The van der Waals surface area contributed by atoms with Gasteiger partial charge in [0, 0.05) is 37.0 Å². The number of benzene rings is 2. The van der Waals surface area contributed by atoms with E-state index in [1.807, 2.05) is 75.4 Å². The Labute approximate surface area is 315 Å². The molecular formula is C37H48Cl2N6O7. The molecule has 0 aliphatic heterocycles. The van der Waals surface area contributed by atoms with Crippen LogP contribution in [-0.2, 0) is 32.6 Å². The predicted octanol–water partition coefficient (Wildman–Crippen LogP) is 6.64. The Balaban J connectivity index is 0.000000289. The minimum Gasteiger partial charge on any atom is -0.477 e. The van der Waals surface area contributed by atoms with Crippen molar-refractivity contribution in [2.24, 2.45) is 10.3 Å². The molecule has 0 amide bonds. The number of aromatic nitrogens is 2. The van der Waals surface area contributed by atoms with Crippen LogP contribution in [0.25, 0.3) is 0 Å². The molecule has 0 atom stereocenters. The van der Waals surface area contributed by atoms with Crippen LogP contribution in [0, 0.1) is 13.8 Å². The molecule has 282 valence electrons. The molecular weight excluding hydrogens is 711 g/mol. The number of pyridine rings is 2. The highest BCUT2D eigenvalue weighted by Crippen LogP contribution is 2.22. The standard InChI is InChI=1S/C17H20ClN3O3.C11H16N2O3.C9H12ClNO/c1-12-15(18)8-9-17(20-12)23-10-13-6-4-5-7-14(13)16(21-22-3)11-24-19-2;1-12-16-8-11(13-15-2)10-6-4-3-5-9(10)7-14;1-3-6-12-9-8(10)5-4-7(2)11-9/h4-9,19H,10-11H2,1-3H3;3-6,12,14H,7-8H2,1-2H3;4-5H,3,6H2,1-2H3/b21-16+;13-11+;. The van der Waals surface area contributed by atoms with E-state index in [9.17, 15) is 5.11 Å². The molecule has 3 N–H and O–H groups in total. The van der Waals surface area contributed by atoms with E-state index in [1.54, 1.807) is 32.3 Å². The van der Waals surface area contributed by atoms with E-state index in [0.29, 0.717) is 46.4 Å². The highest BCUT2D eigenvalue weighted by atomic mass is 35.5. The molecule has 2 aromatic carbocycles. The van der Waals surface area contributed by atoms with Crippen molar-refractivity contribution in [1.29, 1.82) is 0 Å². The molecule has 0 bridgehead atoms. The van der Waals surface area contributed by atoms with E-state index in [-0.39, 0.29) is 19.8 Å². The van der Waals surface area contributed by atoms with Gasteiger partial charge in [-0.3, -0.25) is 9.68 Å². The first-order valence-corrected chi connectivity index (χ1v) is 17.0. The number of aliphatic hydroxyl groups excluding tert-OH is 1. The average molecular weight is 760 g/mol. The maximum absolute atomic E-state index is 9.21. The summed E-state index contributed by atoms with van der Waals surface area (Å²) in [6, 6.07) is 22.4. The molecule has 15 heteroatoms. The van der Waals surface area contributed by atoms with Gasteiger partial charge in [0.15, 0.2) is 0 Å². The van der Waals surface area contributed by atoms with Gasteiger partial charge in [0.2, 0.25) is 11.8 Å². The van der Waals surface area contributed by atoms with E-state index in [0.717, 1.165) is 40.1 Å². The number of rotatable bonds is 17. The van der Waals surface area contributed by atoms with Gasteiger partial charge in [-0.1, -0.05) is 89.0 Å². The SMILES string of the molecule is CCCOc1nc(C)ccc1Cl.CNOC/C(=N\OC)c1ccccc1CO.CNOC/C(=N\OC)c1ccccc1COc1ccc(Cl)c(C)n1. The van der Waals surface area contributed by atoms with Crippen molar-refractivity contribution >= 4 is 34.6 Å². The number of aryl methyl sites for hydroxylation is 2. The highest BCUT2D eigenvalue weighted by Gasteiger charge is 2.12. The van der Waals surface area contributed by atoms with Crippen molar-refractivity contribution in [1.82, 2.24) is 20.9 Å². The molecule has 0 saturated heterocycles. The Bertz CT molecular complexity index is 1690. The zero-order valence-electron chi connectivity index (χ0n) is 30.6. The van der Waals surface area contributed by atoms with Crippen LogP contribution in [0.15, 0.2) is 83.1 Å². The summed E-state index contributed by atoms with van der Waals surface area (Å²) < 4.78 is 11.1. The molecule has 0 radical (unpaired) electrons. The van der Waals surface area contributed by atoms with Gasteiger partial charge in [0.05, 0.1) is 23.9 Å². The number of hydroxylamine groups is 2. The normalized spacial score (nSPS) is 11.1. The van der Waals surface area contributed by atoms with Crippen molar-refractivity contribution in [3.63, 3.8) is 0 Å². The lowest BCUT2D eigenvalue weighted by Crippen LogP contribution is -2.19. The van der Waals surface area contributed by atoms with Gasteiger partial charge in [-0.15, -0.1) is 0 Å². The molecule has 2 aromatic heterocycles. The first kappa shape index (κ1) is 43.8. The molecule has 2 heterocycles. The Hall–Kier alpha value is -4.34. The molecule has 4 aromatic rings. The van der Waals surface area contributed by atoms with Gasteiger partial charge < -0.3 is 24.3 Å². The van der Waals surface area contributed by atoms with Crippen molar-refractivity contribution < 1.29 is 33.9 Å². The van der Waals surface area contributed by atoms with Crippen molar-refractivity contribution in [3.8, 4) is 11.8 Å². The average Bonchev–Trinajstić information content (AvgIpc) is 3.16. The summed E-state index contributed by atoms with van der Waals surface area (Å²) >= 11 is 11.8. The fourth-order valence-electron chi connectivity index (χ4n) is 4.24. The third-order valence-corrected chi connectivity index (χ3v) is 7.39. The number of hydrogen-bond acceptors (Lipinski definition) is 13. The molecule has 0 spiro atoms. The zero-order valence-corrected chi connectivity index (χ0v) is 32.1. The molecule has 52 heavy (non-hydrogen) atoms. The van der Waals surface area contributed by atoms with Crippen molar-refractivity contribution in [2.45, 2.75) is 40.4 Å². The number of nitrogens with zero attached hydrogens (tertiary/aromatic N) is 4. The number of ether oxygens (including phenoxy) is 2. The van der Waals surface area contributed by atoms with Crippen molar-refractivity contribution in [2.75, 3.05) is 48.1 Å². The van der Waals surface area contributed by atoms with Gasteiger partial charge >= 0.3 is 0 Å². The number of oxime groups is 2. The van der Waals surface area contributed by atoms with E-state index < -0.39 is 0 Å². The second-order valence-electron chi connectivity index (χ2n) is 10.5. The van der Waals surface area contributed by atoms with E-state index in [1.165, 1.54) is 14.2 Å². The van der Waals surface area contributed by atoms with Crippen molar-refractivity contribution in [3.05, 3.63) is 116 Å². The lowest BCUT2D eigenvalue weighted by atomic mass is 10.0. The van der Waals surface area contributed by atoms with Crippen LogP contribution in [0.5, 0.6) is 11.8 Å². The summed E-state index contributed by atoms with van der Waals surface area (Å²) in [4.78, 5) is 28.4. The fraction of sp³-hybridized carbons (Fsp3) is 0.351. The monoisotopic (exact) mass is 758 g/mol. The minimum absolute atomic E-state index is 0.0432. The molecule has 4 rings (SSSR count). The molecule has 13 nitrogen and oxygen atoms in total. The van der Waals surface area contributed by atoms with Gasteiger partial charge in [0.1, 0.15) is 50.5 Å². The zero-order chi connectivity index (χ0) is 38.1. The molecule has 0 unspecified atom stereocenters. The summed E-state index contributed by atoms with van der Waals surface area (Å²) in [6.07, 6.45) is 0.964. The van der Waals surface area contributed by atoms with E-state index in [4.69, 9.17) is 52.0 Å². The first-order chi connectivity index (χ1) is 25.2. The van der Waals surface area contributed by atoms with Gasteiger partial charge in [0.25, 0.3) is 0 Å². The minimum atomic E-state index is -0.0432. The summed E-state index contributed by atoms with van der Waals surface area (Å²) in [5.74, 6) is 1.06. The van der Waals surface area contributed by atoms with E-state index in [2.05, 4.69) is 31.2 Å². The van der Waals surface area contributed by atoms with Crippen LogP contribution in [0.2, 0.25) is 10.0 Å². The summed E-state index contributed by atoms with van der Waals surface area (Å²) in [7, 11) is 6.33. The second-order valence-corrected chi connectivity index (χ2v) is 11.3. The van der Waals surface area contributed by atoms with E-state index >= 15 is 0 Å². The van der Waals surface area contributed by atoms with Crippen LogP contribution in [0.1, 0.15) is 47.0 Å². The summed E-state index contributed by atoms with van der Waals surface area (Å²) in [6.45, 7) is 7.28. The Morgan fingerprint density at radius 1 is 0.731 bits per heavy atom. The molecule has 0 saturated carbocycles. The second kappa shape index (κ2) is 25.6. The maximum Gasteiger partial charge on any atom is 0.232 e. The van der Waals surface area contributed by atoms with Crippen LogP contribution >= 0.6 is 23.2 Å². The Morgan fingerprint density at radius 2 is 1.29 bits per heavy atom. The Kier molecular flexibility index (Phi) is 21.6. The number of hydrogen-bond donors (Lipinski definition) is 3. The third-order valence-electron chi connectivity index (χ3n) is 6.70. The predicted molar refractivity (Wildman–Crippen MR) is 204 cm³/mol. The highest BCUT2D eigenvalue weighted by molar-refractivity contribution is 6.31. The Morgan fingerprint density at radius 3 is 1.83 bits per heavy atom. The molecule has 0 aliphatic carbocycles. The van der Waals surface area contributed by atoms with Crippen LogP contribution in [0.4, 0.5) is 0 Å². The van der Waals surface area contributed by atoms with Gasteiger partial charge in [-0.05, 0) is 49.6 Å². The van der Waals surface area contributed by atoms with Gasteiger partial charge in [-0.25, -0.2) is 20.9 Å². The molecule has 0 aliphatic rings. The largest absolute Gasteiger partial charge is 0.477 e. The lowest BCUT2D eigenvalue weighted by Gasteiger charge is -2.12. The smallest absolute Gasteiger partial charge is 0.232 e. The number of halogens is 2. The third kappa shape index (κ3) is 15.5. The van der Waals surface area contributed by atoms with Gasteiger partial charge in [-0.2, -0.15) is 0 Å². The molecule has 0 fully saturated rings. The lowest BCUT2D eigenvalue weighted by molar-refractivity contribution is 0.0866. The summed E-state index contributed by atoms with van der Waals surface area (Å²) in [5.41, 5.74) is 11.6. The maximum atomic E-state index is 9.21. The van der Waals surface area contributed by atoms with Crippen LogP contribution in [0.3, 0.4) is 0 Å². The quantitative estimate of drug-likeness (QED) is 0.0786. The number of aliphatic hydroxyl groups is 1.